The molecule has 0 saturated carbocycles. The van der Waals surface area contributed by atoms with Crippen molar-refractivity contribution >= 4 is 13.8 Å². The van der Waals surface area contributed by atoms with Crippen molar-refractivity contribution < 1.29 is 43.0 Å². The molecule has 0 aliphatic carbocycles. The fraction of sp³-hybridized carbons (Fsp3) is 0.976. The summed E-state index contributed by atoms with van der Waals surface area (Å²) in [6.45, 7) is 3.57. The second kappa shape index (κ2) is 39.2. The maximum Gasteiger partial charge on any atom is 0.472 e. The average molecular weight is 751 g/mol. The first kappa shape index (κ1) is 50.5. The normalized spacial score (nSPS) is 14.1. The number of carbonyl (C=O) groups excluding carboxylic acids is 1. The van der Waals surface area contributed by atoms with Crippen molar-refractivity contribution in [3.63, 3.8) is 0 Å². The minimum Gasteiger partial charge on any atom is -0.457 e. The summed E-state index contributed by atoms with van der Waals surface area (Å²) in [4.78, 5) is 22.5. The van der Waals surface area contributed by atoms with Gasteiger partial charge in [0.05, 0.1) is 26.4 Å². The molecular weight excluding hydrogens is 667 g/mol. The van der Waals surface area contributed by atoms with Gasteiger partial charge in [-0.15, -0.1) is 0 Å². The van der Waals surface area contributed by atoms with Gasteiger partial charge in [-0.05, 0) is 12.8 Å². The van der Waals surface area contributed by atoms with Gasteiger partial charge in [0.15, 0.2) is 0 Å². The van der Waals surface area contributed by atoms with Gasteiger partial charge >= 0.3 is 13.8 Å². The van der Waals surface area contributed by atoms with Crippen molar-refractivity contribution in [2.45, 2.75) is 225 Å². The minimum absolute atomic E-state index is 0.0577. The molecule has 306 valence electrons. The molecule has 51 heavy (non-hydrogen) atoms. The highest BCUT2D eigenvalue weighted by atomic mass is 31.2. The number of unbranched alkanes of at least 4 members (excludes halogenated alkanes) is 28. The molecule has 0 aromatic rings. The van der Waals surface area contributed by atoms with E-state index >= 15 is 0 Å². The van der Waals surface area contributed by atoms with Crippen LogP contribution in [0.2, 0.25) is 0 Å². The lowest BCUT2D eigenvalue weighted by molar-refractivity contribution is -0.154. The average Bonchev–Trinajstić information content (AvgIpc) is 3.12. The third-order valence-electron chi connectivity index (χ3n) is 9.54. The van der Waals surface area contributed by atoms with Crippen molar-refractivity contribution in [2.75, 3.05) is 33.0 Å². The molecule has 0 aliphatic heterocycles. The van der Waals surface area contributed by atoms with E-state index in [4.69, 9.17) is 23.6 Å². The molecule has 0 saturated heterocycles. The molecule has 0 rings (SSSR count). The first-order valence-electron chi connectivity index (χ1n) is 21.5. The Bertz CT molecular complexity index is 769. The molecule has 3 unspecified atom stereocenters. The van der Waals surface area contributed by atoms with Crippen molar-refractivity contribution in [3.05, 3.63) is 0 Å². The van der Waals surface area contributed by atoms with Gasteiger partial charge < -0.3 is 24.6 Å². The maximum atomic E-state index is 12.6. The van der Waals surface area contributed by atoms with Crippen LogP contribution >= 0.6 is 7.82 Å². The molecule has 0 aliphatic rings. The largest absolute Gasteiger partial charge is 0.472 e. The third-order valence-corrected chi connectivity index (χ3v) is 10.5. The van der Waals surface area contributed by atoms with Crippen LogP contribution in [0.3, 0.4) is 0 Å². The number of phosphoric acid groups is 1. The number of ether oxygens (including phenoxy) is 2. The highest BCUT2D eigenvalue weighted by Crippen LogP contribution is 2.43. The van der Waals surface area contributed by atoms with E-state index in [1.165, 1.54) is 161 Å². The molecule has 0 radical (unpaired) electrons. The number of phosphoric ester groups is 1. The van der Waals surface area contributed by atoms with Crippen LogP contribution in [0, 0.1) is 0 Å². The van der Waals surface area contributed by atoms with Gasteiger partial charge in [-0.25, -0.2) is 4.57 Å². The number of aliphatic hydroxyl groups excluding tert-OH is 2. The Labute approximate surface area is 314 Å². The molecule has 9 nitrogen and oxygen atoms in total. The quantitative estimate of drug-likeness (QED) is 0.0317. The zero-order valence-corrected chi connectivity index (χ0v) is 34.2. The summed E-state index contributed by atoms with van der Waals surface area (Å²) in [6, 6.07) is 0. The van der Waals surface area contributed by atoms with E-state index < -0.39 is 33.2 Å². The third kappa shape index (κ3) is 39.0. The molecule has 0 amide bonds. The molecule has 0 aromatic heterocycles. The summed E-state index contributed by atoms with van der Waals surface area (Å²) in [7, 11) is -4.50. The number of esters is 1. The second-order valence-electron chi connectivity index (χ2n) is 14.7. The maximum absolute atomic E-state index is 12.6. The van der Waals surface area contributed by atoms with Crippen LogP contribution < -0.4 is 0 Å². The van der Waals surface area contributed by atoms with E-state index in [1.807, 2.05) is 0 Å². The Morgan fingerprint density at radius 2 is 0.882 bits per heavy atom. The lowest BCUT2D eigenvalue weighted by Gasteiger charge is -2.20. The van der Waals surface area contributed by atoms with E-state index in [0.29, 0.717) is 6.61 Å². The van der Waals surface area contributed by atoms with Gasteiger partial charge in [-0.2, -0.15) is 0 Å². The molecule has 3 atom stereocenters. The van der Waals surface area contributed by atoms with E-state index in [9.17, 15) is 19.4 Å². The smallest absolute Gasteiger partial charge is 0.457 e. The highest BCUT2D eigenvalue weighted by Gasteiger charge is 2.26. The summed E-state index contributed by atoms with van der Waals surface area (Å²) in [5.74, 6) is -0.376. The van der Waals surface area contributed by atoms with Crippen molar-refractivity contribution in [1.29, 1.82) is 0 Å². The Morgan fingerprint density at radius 1 is 0.529 bits per heavy atom. The first-order valence-corrected chi connectivity index (χ1v) is 23.0. The van der Waals surface area contributed by atoms with E-state index in [-0.39, 0.29) is 25.6 Å². The Hall–Kier alpha value is -0.540. The summed E-state index contributed by atoms with van der Waals surface area (Å²) < 4.78 is 33.3. The number of hydrogen-bond acceptors (Lipinski definition) is 8. The number of hydrogen-bond donors (Lipinski definition) is 3. The Morgan fingerprint density at radius 3 is 1.27 bits per heavy atom. The number of rotatable bonds is 42. The number of carbonyl (C=O) groups is 1. The van der Waals surface area contributed by atoms with E-state index in [2.05, 4.69) is 13.8 Å². The molecule has 0 fully saturated rings. The second-order valence-corrected chi connectivity index (χ2v) is 16.2. The highest BCUT2D eigenvalue weighted by molar-refractivity contribution is 7.47. The summed E-state index contributed by atoms with van der Waals surface area (Å²) in [6.07, 6.45) is 36.3. The van der Waals surface area contributed by atoms with Crippen molar-refractivity contribution in [1.82, 2.24) is 0 Å². The predicted molar refractivity (Wildman–Crippen MR) is 210 cm³/mol. The predicted octanol–water partition coefficient (Wildman–Crippen LogP) is 11.5. The van der Waals surface area contributed by atoms with Crippen LogP contribution in [0.15, 0.2) is 0 Å². The molecule has 0 heterocycles. The van der Waals surface area contributed by atoms with Crippen LogP contribution in [0.5, 0.6) is 0 Å². The van der Waals surface area contributed by atoms with Gasteiger partial charge in [0.25, 0.3) is 0 Å². The van der Waals surface area contributed by atoms with Crippen LogP contribution in [0.4, 0.5) is 0 Å². The van der Waals surface area contributed by atoms with Gasteiger partial charge in [0.2, 0.25) is 0 Å². The SMILES string of the molecule is CCCCCCCCCCCCCCCCCCCCC(=O)OC(COCCCCCCCCCCCCCC)COP(=O)(O)OCC(O)CO. The van der Waals surface area contributed by atoms with E-state index in [1.54, 1.807) is 0 Å². The van der Waals surface area contributed by atoms with Crippen LogP contribution in [0.1, 0.15) is 213 Å². The van der Waals surface area contributed by atoms with Crippen LogP contribution in [-0.4, -0.2) is 66.3 Å². The summed E-state index contributed by atoms with van der Waals surface area (Å²) in [5, 5.41) is 18.3. The van der Waals surface area contributed by atoms with Crippen molar-refractivity contribution in [2.24, 2.45) is 0 Å². The molecule has 0 spiro atoms. The Kier molecular flexibility index (Phi) is 38.7. The zero-order valence-electron chi connectivity index (χ0n) is 33.3. The van der Waals surface area contributed by atoms with Crippen LogP contribution in [-0.2, 0) is 27.9 Å². The molecular formula is C41H83O9P. The van der Waals surface area contributed by atoms with Crippen LogP contribution in [0.25, 0.3) is 0 Å². The van der Waals surface area contributed by atoms with Gasteiger partial charge in [0, 0.05) is 13.0 Å². The Balaban J connectivity index is 4.10. The topological polar surface area (TPSA) is 132 Å². The zero-order chi connectivity index (χ0) is 37.5. The van der Waals surface area contributed by atoms with E-state index in [0.717, 1.165) is 32.1 Å². The lowest BCUT2D eigenvalue weighted by atomic mass is 10.0. The molecule has 0 aromatic carbocycles. The summed E-state index contributed by atoms with van der Waals surface area (Å²) in [5.41, 5.74) is 0. The summed E-state index contributed by atoms with van der Waals surface area (Å²) >= 11 is 0. The monoisotopic (exact) mass is 751 g/mol. The van der Waals surface area contributed by atoms with Gasteiger partial charge in [-0.1, -0.05) is 194 Å². The molecule has 0 bridgehead atoms. The molecule has 10 heteroatoms. The standard InChI is InChI=1S/C41H83O9P/c1-3-5-7-9-11-13-15-17-18-19-20-21-22-23-25-27-29-31-33-41(44)50-40(38-49-51(45,46)48-36-39(43)35-42)37-47-34-32-30-28-26-24-16-14-12-10-8-6-4-2/h39-40,42-43H,3-38H2,1-2H3,(H,45,46). The minimum atomic E-state index is -4.50. The fourth-order valence-corrected chi connectivity index (χ4v) is 7.03. The lowest BCUT2D eigenvalue weighted by Crippen LogP contribution is -2.29. The number of aliphatic hydroxyl groups is 2. The van der Waals surface area contributed by atoms with Gasteiger partial charge in [0.1, 0.15) is 12.2 Å². The van der Waals surface area contributed by atoms with Crippen molar-refractivity contribution in [3.8, 4) is 0 Å². The molecule has 3 N–H and O–H groups in total. The fourth-order valence-electron chi connectivity index (χ4n) is 6.24. The van der Waals surface area contributed by atoms with Gasteiger partial charge in [-0.3, -0.25) is 13.8 Å². The first-order chi connectivity index (χ1) is 24.8.